The number of nitrogens with one attached hydrogen (secondary N) is 3. The number of carbonyl (C=O) groups excluding carboxylic acids is 3. The van der Waals surface area contributed by atoms with Gasteiger partial charge in [-0.25, -0.2) is 4.79 Å². The van der Waals surface area contributed by atoms with Gasteiger partial charge in [-0.3, -0.25) is 29.6 Å². The minimum atomic E-state index is -0.551. The Hall–Kier alpha value is -4.26. The Morgan fingerprint density at radius 2 is 2.00 bits per heavy atom. The van der Waals surface area contributed by atoms with Gasteiger partial charge in [-0.1, -0.05) is 23.9 Å². The molecule has 1 fully saturated rings. The van der Waals surface area contributed by atoms with Crippen molar-refractivity contribution in [3.8, 4) is 5.69 Å². The Balaban J connectivity index is 1.50. The molecule has 12 nitrogen and oxygen atoms in total. The molecule has 0 bridgehead atoms. The molecule has 180 valence electrons. The number of nitro groups is 1. The number of rotatable bonds is 8. The lowest BCUT2D eigenvalue weighted by Gasteiger charge is -2.23. The minimum absolute atomic E-state index is 0.0174. The zero-order chi connectivity index (χ0) is 24.9. The number of benzene rings is 2. The number of amides is 4. The normalized spacial score (nSPS) is 15.3. The summed E-state index contributed by atoms with van der Waals surface area (Å²) in [7, 11) is 0. The molecular formula is C22H21N7O5S. The molecule has 3 N–H and O–H groups in total. The first-order chi connectivity index (χ1) is 16.8. The Morgan fingerprint density at radius 3 is 2.69 bits per heavy atom. The molecule has 2 aromatic carbocycles. The lowest BCUT2D eigenvalue weighted by atomic mass is 10.1. The fraction of sp³-hybridized carbons (Fsp3) is 0.227. The van der Waals surface area contributed by atoms with Crippen LogP contribution in [0.25, 0.3) is 5.69 Å². The van der Waals surface area contributed by atoms with Crippen LogP contribution >= 0.6 is 11.8 Å². The van der Waals surface area contributed by atoms with E-state index in [-0.39, 0.29) is 36.1 Å². The third-order valence-corrected chi connectivity index (χ3v) is 6.03. The smallest absolute Gasteiger partial charge is 0.321 e. The number of aromatic nitrogens is 3. The number of hydrogen-bond acceptors (Lipinski definition) is 8. The van der Waals surface area contributed by atoms with Crippen molar-refractivity contribution in [1.82, 2.24) is 25.4 Å². The van der Waals surface area contributed by atoms with E-state index >= 15 is 0 Å². The van der Waals surface area contributed by atoms with E-state index in [1.807, 2.05) is 31.2 Å². The van der Waals surface area contributed by atoms with Crippen molar-refractivity contribution in [2.45, 2.75) is 31.0 Å². The van der Waals surface area contributed by atoms with E-state index in [9.17, 15) is 24.5 Å². The highest BCUT2D eigenvalue weighted by Crippen LogP contribution is 2.24. The molecule has 1 aromatic heterocycles. The van der Waals surface area contributed by atoms with Crippen LogP contribution in [0.3, 0.4) is 0 Å². The number of carbonyl (C=O) groups is 3. The van der Waals surface area contributed by atoms with Gasteiger partial charge in [0, 0.05) is 42.4 Å². The molecule has 0 aliphatic carbocycles. The summed E-state index contributed by atoms with van der Waals surface area (Å²) < 4.78 is 1.80. The Bertz CT molecular complexity index is 1280. The summed E-state index contributed by atoms with van der Waals surface area (Å²) in [5.74, 6) is -0.129. The summed E-state index contributed by atoms with van der Waals surface area (Å²) >= 11 is 1.17. The molecule has 13 heteroatoms. The molecule has 1 unspecified atom stereocenters. The zero-order valence-electron chi connectivity index (χ0n) is 18.6. The van der Waals surface area contributed by atoms with Gasteiger partial charge in [-0.2, -0.15) is 0 Å². The van der Waals surface area contributed by atoms with E-state index in [0.29, 0.717) is 16.7 Å². The van der Waals surface area contributed by atoms with Gasteiger partial charge in [0.1, 0.15) is 5.82 Å². The van der Waals surface area contributed by atoms with Crippen molar-refractivity contribution in [3.05, 3.63) is 70.0 Å². The first-order valence-electron chi connectivity index (χ1n) is 10.6. The average molecular weight is 496 g/mol. The second-order valence-electron chi connectivity index (χ2n) is 7.84. The number of imide groups is 1. The van der Waals surface area contributed by atoms with Crippen LogP contribution in [0.1, 0.15) is 17.8 Å². The van der Waals surface area contributed by atoms with Gasteiger partial charge in [-0.05, 0) is 36.8 Å². The SMILES string of the molecule is Cc1cccc(-n2c(CC3CC(=O)NC(=O)N3)nnc2SCC(=O)Nc2ccc([N+](=O)[O-])cc2)c1. The van der Waals surface area contributed by atoms with Crippen LogP contribution in [0, 0.1) is 17.0 Å². The first-order valence-corrected chi connectivity index (χ1v) is 11.6. The lowest BCUT2D eigenvalue weighted by molar-refractivity contribution is -0.384. The van der Waals surface area contributed by atoms with Crippen LogP contribution in [0.4, 0.5) is 16.2 Å². The van der Waals surface area contributed by atoms with Crippen LogP contribution in [0.5, 0.6) is 0 Å². The molecule has 4 amide bonds. The predicted molar refractivity (Wildman–Crippen MR) is 127 cm³/mol. The molecule has 3 aromatic rings. The van der Waals surface area contributed by atoms with E-state index in [1.165, 1.54) is 36.0 Å². The molecule has 0 spiro atoms. The fourth-order valence-corrected chi connectivity index (χ4v) is 4.33. The van der Waals surface area contributed by atoms with Gasteiger partial charge in [0.25, 0.3) is 5.69 Å². The van der Waals surface area contributed by atoms with E-state index in [4.69, 9.17) is 0 Å². The van der Waals surface area contributed by atoms with E-state index in [0.717, 1.165) is 11.3 Å². The summed E-state index contributed by atoms with van der Waals surface area (Å²) in [5, 5.41) is 27.4. The van der Waals surface area contributed by atoms with Crippen LogP contribution in [0.2, 0.25) is 0 Å². The van der Waals surface area contributed by atoms with E-state index in [2.05, 4.69) is 26.1 Å². The average Bonchev–Trinajstić information content (AvgIpc) is 3.19. The van der Waals surface area contributed by atoms with Crippen LogP contribution in [-0.4, -0.2) is 49.3 Å². The minimum Gasteiger partial charge on any atom is -0.334 e. The van der Waals surface area contributed by atoms with Gasteiger partial charge in [-0.15, -0.1) is 10.2 Å². The molecule has 2 heterocycles. The number of aryl methyl sites for hydroxylation is 1. The molecule has 0 radical (unpaired) electrons. The number of nitro benzene ring substituents is 1. The number of anilines is 1. The fourth-order valence-electron chi connectivity index (χ4n) is 3.56. The molecule has 0 saturated carbocycles. The second-order valence-corrected chi connectivity index (χ2v) is 8.78. The van der Waals surface area contributed by atoms with Gasteiger partial charge >= 0.3 is 6.03 Å². The summed E-state index contributed by atoms with van der Waals surface area (Å²) in [5.41, 5.74) is 2.17. The quantitative estimate of drug-likeness (QED) is 0.244. The summed E-state index contributed by atoms with van der Waals surface area (Å²) in [6.45, 7) is 1.95. The summed E-state index contributed by atoms with van der Waals surface area (Å²) in [6, 6.07) is 12.2. The van der Waals surface area contributed by atoms with Gasteiger partial charge in [0.2, 0.25) is 11.8 Å². The maximum Gasteiger partial charge on any atom is 0.321 e. The van der Waals surface area contributed by atoms with Crippen molar-refractivity contribution < 1.29 is 19.3 Å². The molecule has 1 aliphatic rings. The third kappa shape index (κ3) is 6.00. The largest absolute Gasteiger partial charge is 0.334 e. The van der Waals surface area contributed by atoms with Crippen molar-refractivity contribution in [2.24, 2.45) is 0 Å². The van der Waals surface area contributed by atoms with Crippen LogP contribution in [-0.2, 0) is 16.0 Å². The van der Waals surface area contributed by atoms with Gasteiger partial charge in [0.15, 0.2) is 5.16 Å². The highest BCUT2D eigenvalue weighted by molar-refractivity contribution is 7.99. The van der Waals surface area contributed by atoms with Crippen molar-refractivity contribution in [2.75, 3.05) is 11.1 Å². The first kappa shape index (κ1) is 23.9. The summed E-state index contributed by atoms with van der Waals surface area (Å²) in [6.07, 6.45) is 0.391. The number of thioether (sulfide) groups is 1. The van der Waals surface area contributed by atoms with Crippen molar-refractivity contribution >= 4 is 41.0 Å². The number of non-ortho nitro benzene ring substituents is 1. The highest BCUT2D eigenvalue weighted by atomic mass is 32.2. The van der Waals surface area contributed by atoms with E-state index < -0.39 is 17.0 Å². The number of hydrogen-bond donors (Lipinski definition) is 3. The molecule has 1 saturated heterocycles. The number of urea groups is 1. The maximum atomic E-state index is 12.5. The topological polar surface area (TPSA) is 161 Å². The monoisotopic (exact) mass is 495 g/mol. The van der Waals surface area contributed by atoms with Crippen LogP contribution < -0.4 is 16.0 Å². The highest BCUT2D eigenvalue weighted by Gasteiger charge is 2.27. The summed E-state index contributed by atoms with van der Waals surface area (Å²) in [4.78, 5) is 46.2. The molecule has 1 aliphatic heterocycles. The predicted octanol–water partition coefficient (Wildman–Crippen LogP) is 2.36. The van der Waals surface area contributed by atoms with E-state index in [1.54, 1.807) is 4.57 Å². The Kier molecular flexibility index (Phi) is 7.06. The van der Waals surface area contributed by atoms with Crippen molar-refractivity contribution in [3.63, 3.8) is 0 Å². The number of nitrogens with zero attached hydrogens (tertiary/aromatic N) is 4. The standard InChI is InChI=1S/C22H21N7O5S/c1-13-3-2-4-17(9-13)28-18(10-15-11-19(30)25-21(32)24-15)26-27-22(28)35-12-20(31)23-14-5-7-16(8-6-14)29(33)34/h2-9,15H,10-12H2,1H3,(H,23,31)(H2,24,25,30,32). The molecule has 35 heavy (non-hydrogen) atoms. The zero-order valence-corrected chi connectivity index (χ0v) is 19.4. The van der Waals surface area contributed by atoms with Gasteiger partial charge < -0.3 is 10.6 Å². The Labute approximate surface area is 203 Å². The Morgan fingerprint density at radius 1 is 1.23 bits per heavy atom. The molecule has 4 rings (SSSR count). The molecular weight excluding hydrogens is 474 g/mol. The third-order valence-electron chi connectivity index (χ3n) is 5.10. The van der Waals surface area contributed by atoms with Gasteiger partial charge in [0.05, 0.1) is 10.7 Å². The second kappa shape index (κ2) is 10.3. The van der Waals surface area contributed by atoms with Crippen molar-refractivity contribution in [1.29, 1.82) is 0 Å². The maximum absolute atomic E-state index is 12.5. The van der Waals surface area contributed by atoms with Crippen LogP contribution in [0.15, 0.2) is 53.7 Å². The molecule has 1 atom stereocenters. The lowest BCUT2D eigenvalue weighted by Crippen LogP contribution is -2.53.